The summed E-state index contributed by atoms with van der Waals surface area (Å²) in [6, 6.07) is 6.40. The fraction of sp³-hybridized carbons (Fsp3) is 0.667. The van der Waals surface area contributed by atoms with Crippen molar-refractivity contribution in [2.24, 2.45) is 0 Å². The maximum absolute atomic E-state index is 12.3. The Labute approximate surface area is 137 Å². The highest BCUT2D eigenvalue weighted by Gasteiger charge is 2.37. The average Bonchev–Trinajstić information content (AvgIpc) is 2.47. The Morgan fingerprint density at radius 3 is 2.74 bits per heavy atom. The van der Waals surface area contributed by atoms with Crippen molar-refractivity contribution in [1.29, 1.82) is 0 Å². The van der Waals surface area contributed by atoms with Crippen LogP contribution >= 0.6 is 0 Å². The van der Waals surface area contributed by atoms with E-state index in [0.29, 0.717) is 25.0 Å². The van der Waals surface area contributed by atoms with Gasteiger partial charge in [0.2, 0.25) is 5.91 Å². The number of pyridine rings is 1. The summed E-state index contributed by atoms with van der Waals surface area (Å²) in [4.78, 5) is 28.7. The zero-order valence-electron chi connectivity index (χ0n) is 14.2. The van der Waals surface area contributed by atoms with Gasteiger partial charge in [0.05, 0.1) is 0 Å². The third-order valence-corrected chi connectivity index (χ3v) is 5.36. The molecule has 0 spiro atoms. The molecule has 0 radical (unpaired) electrons. The van der Waals surface area contributed by atoms with Crippen molar-refractivity contribution in [1.82, 2.24) is 14.4 Å². The van der Waals surface area contributed by atoms with Crippen molar-refractivity contribution < 1.29 is 4.79 Å². The van der Waals surface area contributed by atoms with Crippen molar-refractivity contribution in [3.8, 4) is 0 Å². The lowest BCUT2D eigenvalue weighted by molar-refractivity contribution is -0.140. The number of hydrogen-bond donors (Lipinski definition) is 0. The normalized spacial score (nSPS) is 22.9. The third kappa shape index (κ3) is 3.50. The second-order valence-corrected chi connectivity index (χ2v) is 6.94. The molecule has 2 saturated heterocycles. The van der Waals surface area contributed by atoms with E-state index in [4.69, 9.17) is 0 Å². The summed E-state index contributed by atoms with van der Waals surface area (Å²) < 4.78 is 1.68. The predicted octanol–water partition coefficient (Wildman–Crippen LogP) is 1.63. The third-order valence-electron chi connectivity index (χ3n) is 5.36. The van der Waals surface area contributed by atoms with Crippen molar-refractivity contribution in [2.45, 2.75) is 58.2 Å². The number of likely N-dealkylation sites (tertiary alicyclic amines) is 2. The fourth-order valence-corrected chi connectivity index (χ4v) is 3.81. The molecule has 2 aliphatic heterocycles. The van der Waals surface area contributed by atoms with E-state index in [1.165, 1.54) is 25.8 Å². The van der Waals surface area contributed by atoms with Crippen molar-refractivity contribution in [3.05, 3.63) is 34.2 Å². The molecular formula is C18H27N3O2. The minimum absolute atomic E-state index is 0.0265. The molecule has 1 aromatic heterocycles. The van der Waals surface area contributed by atoms with E-state index in [2.05, 4.69) is 11.8 Å². The lowest BCUT2D eigenvalue weighted by Gasteiger charge is -2.49. The number of aryl methyl sites for hydroxylation is 1. The summed E-state index contributed by atoms with van der Waals surface area (Å²) in [5, 5.41) is 0. The van der Waals surface area contributed by atoms with E-state index in [0.717, 1.165) is 18.8 Å². The Balaban J connectivity index is 1.48. The van der Waals surface area contributed by atoms with Crippen molar-refractivity contribution in [3.63, 3.8) is 0 Å². The second kappa shape index (κ2) is 6.87. The first kappa shape index (κ1) is 16.2. The topological polar surface area (TPSA) is 45.6 Å². The average molecular weight is 317 g/mol. The van der Waals surface area contributed by atoms with Gasteiger partial charge in [-0.1, -0.05) is 12.5 Å². The molecule has 5 nitrogen and oxygen atoms in total. The zero-order valence-corrected chi connectivity index (χ0v) is 14.2. The molecule has 5 heteroatoms. The van der Waals surface area contributed by atoms with Gasteiger partial charge in [-0.05, 0) is 39.3 Å². The number of carbonyl (C=O) groups excluding carboxylic acids is 1. The number of rotatable bonds is 4. The van der Waals surface area contributed by atoms with Gasteiger partial charge >= 0.3 is 0 Å². The lowest BCUT2D eigenvalue weighted by atomic mass is 9.97. The van der Waals surface area contributed by atoms with Gasteiger partial charge in [0.1, 0.15) is 0 Å². The standard InChI is InChI=1S/C18H27N3O2/c1-14-6-3-4-10-20(14)16-12-19(13-16)17(22)9-11-21-15(2)7-5-8-18(21)23/h5,7-8,14,16H,3-4,6,9-13H2,1-2H3/t14-/m1/s1. The summed E-state index contributed by atoms with van der Waals surface area (Å²) in [6.07, 6.45) is 4.30. The first-order valence-electron chi connectivity index (χ1n) is 8.76. The minimum Gasteiger partial charge on any atom is -0.339 e. The van der Waals surface area contributed by atoms with E-state index in [9.17, 15) is 9.59 Å². The van der Waals surface area contributed by atoms with Crippen LogP contribution in [-0.2, 0) is 11.3 Å². The molecule has 0 N–H and O–H groups in total. The van der Waals surface area contributed by atoms with Crippen LogP contribution in [0.25, 0.3) is 0 Å². The van der Waals surface area contributed by atoms with E-state index in [-0.39, 0.29) is 11.5 Å². The quantitative estimate of drug-likeness (QED) is 0.848. The maximum Gasteiger partial charge on any atom is 0.250 e. The Bertz CT molecular complexity index is 619. The van der Waals surface area contributed by atoms with Crippen LogP contribution in [0, 0.1) is 6.92 Å². The highest BCUT2D eigenvalue weighted by atomic mass is 16.2. The first-order chi connectivity index (χ1) is 11.1. The van der Waals surface area contributed by atoms with Crippen LogP contribution in [0.15, 0.2) is 23.0 Å². The van der Waals surface area contributed by atoms with Gasteiger partial charge in [-0.15, -0.1) is 0 Å². The van der Waals surface area contributed by atoms with Crippen LogP contribution in [0.3, 0.4) is 0 Å². The highest BCUT2D eigenvalue weighted by Crippen LogP contribution is 2.24. The van der Waals surface area contributed by atoms with Crippen LogP contribution in [0.1, 0.15) is 38.3 Å². The van der Waals surface area contributed by atoms with Crippen molar-refractivity contribution in [2.75, 3.05) is 19.6 Å². The van der Waals surface area contributed by atoms with Gasteiger partial charge in [-0.25, -0.2) is 0 Å². The molecule has 2 fully saturated rings. The number of amides is 1. The lowest BCUT2D eigenvalue weighted by Crippen LogP contribution is -2.63. The molecule has 1 atom stereocenters. The molecule has 2 aliphatic rings. The summed E-state index contributed by atoms with van der Waals surface area (Å²) in [7, 11) is 0. The van der Waals surface area contributed by atoms with Crippen LogP contribution in [0.5, 0.6) is 0 Å². The van der Waals surface area contributed by atoms with E-state index >= 15 is 0 Å². The van der Waals surface area contributed by atoms with Crippen LogP contribution in [0.2, 0.25) is 0 Å². The molecule has 0 aliphatic carbocycles. The maximum atomic E-state index is 12.3. The molecule has 0 saturated carbocycles. The summed E-state index contributed by atoms with van der Waals surface area (Å²) >= 11 is 0. The van der Waals surface area contributed by atoms with E-state index < -0.39 is 0 Å². The molecule has 1 amide bonds. The smallest absolute Gasteiger partial charge is 0.250 e. The molecule has 1 aromatic rings. The monoisotopic (exact) mass is 317 g/mol. The van der Waals surface area contributed by atoms with E-state index in [1.807, 2.05) is 17.9 Å². The van der Waals surface area contributed by atoms with Gasteiger partial charge in [0, 0.05) is 49.9 Å². The largest absolute Gasteiger partial charge is 0.339 e. The molecule has 23 heavy (non-hydrogen) atoms. The number of aromatic nitrogens is 1. The molecule has 126 valence electrons. The number of nitrogens with zero attached hydrogens (tertiary/aromatic N) is 3. The first-order valence-corrected chi connectivity index (χ1v) is 8.76. The summed E-state index contributed by atoms with van der Waals surface area (Å²) in [5.74, 6) is 0.168. The van der Waals surface area contributed by atoms with Crippen LogP contribution in [-0.4, -0.2) is 52.0 Å². The van der Waals surface area contributed by atoms with E-state index in [1.54, 1.807) is 16.7 Å². The van der Waals surface area contributed by atoms with Gasteiger partial charge in [0.25, 0.3) is 5.56 Å². The minimum atomic E-state index is -0.0265. The second-order valence-electron chi connectivity index (χ2n) is 6.94. The molecular weight excluding hydrogens is 290 g/mol. The fourth-order valence-electron chi connectivity index (χ4n) is 3.81. The Morgan fingerprint density at radius 1 is 1.26 bits per heavy atom. The highest BCUT2D eigenvalue weighted by molar-refractivity contribution is 5.77. The summed E-state index contributed by atoms with van der Waals surface area (Å²) in [5.41, 5.74) is 0.885. The van der Waals surface area contributed by atoms with Gasteiger partial charge < -0.3 is 9.47 Å². The SMILES string of the molecule is Cc1cccc(=O)n1CCC(=O)N1CC(N2CCCC[C@H]2C)C1. The summed E-state index contributed by atoms with van der Waals surface area (Å²) in [6.45, 7) is 7.56. The number of carbonyl (C=O) groups is 1. The molecule has 0 bridgehead atoms. The number of hydrogen-bond acceptors (Lipinski definition) is 3. The Hall–Kier alpha value is -1.62. The molecule has 3 rings (SSSR count). The molecule has 0 unspecified atom stereocenters. The number of piperidine rings is 1. The van der Waals surface area contributed by atoms with Gasteiger partial charge in [-0.3, -0.25) is 14.5 Å². The molecule has 3 heterocycles. The molecule has 0 aromatic carbocycles. The predicted molar refractivity (Wildman–Crippen MR) is 90.4 cm³/mol. The zero-order chi connectivity index (χ0) is 16.4. The van der Waals surface area contributed by atoms with Gasteiger partial charge in [-0.2, -0.15) is 0 Å². The van der Waals surface area contributed by atoms with Crippen LogP contribution < -0.4 is 5.56 Å². The van der Waals surface area contributed by atoms with Crippen molar-refractivity contribution >= 4 is 5.91 Å². The Morgan fingerprint density at radius 2 is 2.04 bits per heavy atom. The Kier molecular flexibility index (Phi) is 4.85. The van der Waals surface area contributed by atoms with Gasteiger partial charge in [0.15, 0.2) is 0 Å². The van der Waals surface area contributed by atoms with Crippen LogP contribution in [0.4, 0.5) is 0 Å².